The Hall–Kier alpha value is -1.33. The van der Waals surface area contributed by atoms with Crippen LogP contribution >= 0.6 is 11.3 Å². The Morgan fingerprint density at radius 2 is 1.90 bits per heavy atom. The van der Waals surface area contributed by atoms with Crippen molar-refractivity contribution in [3.8, 4) is 10.4 Å². The smallest absolute Gasteiger partial charge is 0.232 e. The van der Waals surface area contributed by atoms with Crippen molar-refractivity contribution < 1.29 is 8.42 Å². The summed E-state index contributed by atoms with van der Waals surface area (Å²) in [6.07, 6.45) is 0.663. The van der Waals surface area contributed by atoms with Gasteiger partial charge in [0.25, 0.3) is 0 Å². The molecule has 108 valence electrons. The molecule has 1 heterocycles. The van der Waals surface area contributed by atoms with Crippen LogP contribution in [-0.2, 0) is 10.0 Å². The summed E-state index contributed by atoms with van der Waals surface area (Å²) in [6, 6.07) is 11.5. The van der Waals surface area contributed by atoms with Gasteiger partial charge in [-0.25, -0.2) is 8.42 Å². The van der Waals surface area contributed by atoms with E-state index in [0.717, 1.165) is 10.4 Å². The molecule has 0 atom stereocenters. The number of hydrogen-bond donors (Lipinski definition) is 1. The van der Waals surface area contributed by atoms with Gasteiger partial charge in [-0.2, -0.15) is 0 Å². The first-order valence-corrected chi connectivity index (χ1v) is 9.14. The number of anilines is 1. The summed E-state index contributed by atoms with van der Waals surface area (Å²) < 4.78 is 26.9. The van der Waals surface area contributed by atoms with Crippen molar-refractivity contribution in [2.24, 2.45) is 5.92 Å². The van der Waals surface area contributed by atoms with E-state index in [-0.39, 0.29) is 5.75 Å². The number of para-hydroxylation sites is 1. The molecule has 0 saturated heterocycles. The van der Waals surface area contributed by atoms with E-state index < -0.39 is 10.0 Å². The zero-order valence-corrected chi connectivity index (χ0v) is 13.3. The molecule has 2 aromatic rings. The Morgan fingerprint density at radius 3 is 2.55 bits per heavy atom. The van der Waals surface area contributed by atoms with E-state index in [0.29, 0.717) is 18.0 Å². The molecule has 0 spiro atoms. The van der Waals surface area contributed by atoms with Crippen LogP contribution in [0.5, 0.6) is 0 Å². The van der Waals surface area contributed by atoms with E-state index in [9.17, 15) is 8.42 Å². The summed E-state index contributed by atoms with van der Waals surface area (Å²) in [7, 11) is -3.29. The third-order valence-corrected chi connectivity index (χ3v) is 5.15. The second kappa shape index (κ2) is 6.41. The van der Waals surface area contributed by atoms with E-state index in [1.807, 2.05) is 55.6 Å². The first-order valence-electron chi connectivity index (χ1n) is 6.61. The van der Waals surface area contributed by atoms with E-state index in [1.165, 1.54) is 0 Å². The Morgan fingerprint density at radius 1 is 1.15 bits per heavy atom. The van der Waals surface area contributed by atoms with Crippen molar-refractivity contribution in [2.45, 2.75) is 20.3 Å². The maximum Gasteiger partial charge on any atom is 0.232 e. The second-order valence-electron chi connectivity index (χ2n) is 5.13. The van der Waals surface area contributed by atoms with E-state index in [4.69, 9.17) is 0 Å². The molecule has 5 heteroatoms. The lowest BCUT2D eigenvalue weighted by atomic mass is 10.1. The van der Waals surface area contributed by atoms with Gasteiger partial charge in [0.15, 0.2) is 0 Å². The highest BCUT2D eigenvalue weighted by Gasteiger charge is 2.14. The number of hydrogen-bond acceptors (Lipinski definition) is 3. The molecule has 1 aromatic heterocycles. The predicted octanol–water partition coefficient (Wildman–Crippen LogP) is 4.20. The largest absolute Gasteiger partial charge is 0.283 e. The SMILES string of the molecule is CC(C)CCS(=O)(=O)Nc1ccccc1-c1cccs1. The van der Waals surface area contributed by atoms with Crippen LogP contribution in [0.15, 0.2) is 41.8 Å². The Labute approximate surface area is 124 Å². The van der Waals surface area contributed by atoms with E-state index in [2.05, 4.69) is 4.72 Å². The van der Waals surface area contributed by atoms with Gasteiger partial charge in [0, 0.05) is 10.4 Å². The van der Waals surface area contributed by atoms with Crippen LogP contribution in [-0.4, -0.2) is 14.2 Å². The zero-order chi connectivity index (χ0) is 14.6. The normalized spacial score (nSPS) is 11.8. The van der Waals surface area contributed by atoms with Gasteiger partial charge >= 0.3 is 0 Å². The lowest BCUT2D eigenvalue weighted by molar-refractivity contribution is 0.578. The monoisotopic (exact) mass is 309 g/mol. The molecular weight excluding hydrogens is 290 g/mol. The molecule has 20 heavy (non-hydrogen) atoms. The predicted molar refractivity (Wildman–Crippen MR) is 86.6 cm³/mol. The zero-order valence-electron chi connectivity index (χ0n) is 11.7. The molecule has 0 fully saturated rings. The van der Waals surface area contributed by atoms with Gasteiger partial charge in [-0.15, -0.1) is 11.3 Å². The maximum absolute atomic E-state index is 12.1. The van der Waals surface area contributed by atoms with Gasteiger partial charge < -0.3 is 0 Å². The molecule has 1 aromatic carbocycles. The summed E-state index contributed by atoms with van der Waals surface area (Å²) in [5.74, 6) is 0.530. The molecule has 1 N–H and O–H groups in total. The number of nitrogens with one attached hydrogen (secondary N) is 1. The molecule has 0 aliphatic carbocycles. The lowest BCUT2D eigenvalue weighted by Crippen LogP contribution is -2.18. The highest BCUT2D eigenvalue weighted by atomic mass is 32.2. The van der Waals surface area contributed by atoms with Crippen LogP contribution in [0.4, 0.5) is 5.69 Å². The second-order valence-corrected chi connectivity index (χ2v) is 7.92. The van der Waals surface area contributed by atoms with Crippen molar-refractivity contribution in [3.05, 3.63) is 41.8 Å². The minimum absolute atomic E-state index is 0.156. The minimum Gasteiger partial charge on any atom is -0.283 e. The standard InChI is InChI=1S/C15H19NO2S2/c1-12(2)9-11-20(17,18)16-14-7-4-3-6-13(14)15-8-5-10-19-15/h3-8,10,12,16H,9,11H2,1-2H3. The molecule has 0 bridgehead atoms. The average Bonchev–Trinajstić information content (AvgIpc) is 2.90. The molecule has 0 amide bonds. The highest BCUT2D eigenvalue weighted by molar-refractivity contribution is 7.92. The highest BCUT2D eigenvalue weighted by Crippen LogP contribution is 2.31. The first-order chi connectivity index (χ1) is 9.48. The third kappa shape index (κ3) is 4.08. The lowest BCUT2D eigenvalue weighted by Gasteiger charge is -2.12. The minimum atomic E-state index is -3.29. The van der Waals surface area contributed by atoms with Gasteiger partial charge in [0.1, 0.15) is 0 Å². The maximum atomic E-state index is 12.1. The van der Waals surface area contributed by atoms with Crippen LogP contribution in [0, 0.1) is 5.92 Å². The molecule has 0 aliphatic rings. The van der Waals surface area contributed by atoms with Crippen molar-refractivity contribution >= 4 is 27.0 Å². The summed E-state index contributed by atoms with van der Waals surface area (Å²) in [5, 5.41) is 1.99. The van der Waals surface area contributed by atoms with Crippen LogP contribution in [0.1, 0.15) is 20.3 Å². The molecule has 3 nitrogen and oxygen atoms in total. The molecule has 0 radical (unpaired) electrons. The topological polar surface area (TPSA) is 46.2 Å². The van der Waals surface area contributed by atoms with Crippen molar-refractivity contribution in [3.63, 3.8) is 0 Å². The average molecular weight is 309 g/mol. The quantitative estimate of drug-likeness (QED) is 0.869. The molecular formula is C15H19NO2S2. The van der Waals surface area contributed by atoms with Gasteiger partial charge in [-0.3, -0.25) is 4.72 Å². The Bertz CT molecular complexity index is 646. The van der Waals surface area contributed by atoms with Crippen LogP contribution in [0.25, 0.3) is 10.4 Å². The van der Waals surface area contributed by atoms with Crippen LogP contribution in [0.3, 0.4) is 0 Å². The third-order valence-electron chi connectivity index (χ3n) is 2.94. The summed E-state index contributed by atoms with van der Waals surface area (Å²) in [5.41, 5.74) is 1.58. The number of sulfonamides is 1. The van der Waals surface area contributed by atoms with Crippen LogP contribution in [0.2, 0.25) is 0 Å². The summed E-state index contributed by atoms with van der Waals surface area (Å²) in [4.78, 5) is 1.06. The first kappa shape index (κ1) is 15.1. The van der Waals surface area contributed by atoms with E-state index >= 15 is 0 Å². The van der Waals surface area contributed by atoms with Crippen molar-refractivity contribution in [1.82, 2.24) is 0 Å². The molecule has 0 aliphatic heterocycles. The van der Waals surface area contributed by atoms with Gasteiger partial charge in [0.2, 0.25) is 10.0 Å². The fraction of sp³-hybridized carbons (Fsp3) is 0.333. The van der Waals surface area contributed by atoms with Gasteiger partial charge in [0.05, 0.1) is 11.4 Å². The summed E-state index contributed by atoms with van der Waals surface area (Å²) in [6.45, 7) is 4.05. The van der Waals surface area contributed by atoms with Crippen molar-refractivity contribution in [1.29, 1.82) is 0 Å². The Kier molecular flexibility index (Phi) is 4.83. The Balaban J connectivity index is 2.22. The fourth-order valence-electron chi connectivity index (χ4n) is 1.83. The molecule has 0 unspecified atom stereocenters. The van der Waals surface area contributed by atoms with Crippen molar-refractivity contribution in [2.75, 3.05) is 10.5 Å². The summed E-state index contributed by atoms with van der Waals surface area (Å²) >= 11 is 1.60. The van der Waals surface area contributed by atoms with Gasteiger partial charge in [-0.1, -0.05) is 38.1 Å². The number of thiophene rings is 1. The van der Waals surface area contributed by atoms with Crippen LogP contribution < -0.4 is 4.72 Å². The molecule has 0 saturated carbocycles. The fourth-order valence-corrected chi connectivity index (χ4v) is 3.99. The van der Waals surface area contributed by atoms with Gasteiger partial charge in [-0.05, 0) is 29.9 Å². The number of rotatable bonds is 6. The number of benzene rings is 1. The molecule has 2 rings (SSSR count). The van der Waals surface area contributed by atoms with E-state index in [1.54, 1.807) is 11.3 Å².